The number of ether oxygens (including phenoxy) is 2. The first-order valence-corrected chi connectivity index (χ1v) is 12.5. The quantitative estimate of drug-likeness (QED) is 0.230. The van der Waals surface area contributed by atoms with Crippen LogP contribution in [0, 0.1) is 18.3 Å². The first-order chi connectivity index (χ1) is 18.0. The number of aromatic nitrogens is 1. The fraction of sp³-hybridized carbons (Fsp3) is 0.167. The number of aryl methyl sites for hydroxylation is 1. The summed E-state index contributed by atoms with van der Waals surface area (Å²) >= 11 is 13.1. The minimum absolute atomic E-state index is 0.136. The van der Waals surface area contributed by atoms with Gasteiger partial charge in [0, 0.05) is 29.6 Å². The summed E-state index contributed by atoms with van der Waals surface area (Å²) in [5.74, 6) is 0.776. The van der Waals surface area contributed by atoms with Crippen LogP contribution in [0.2, 0.25) is 10.0 Å². The van der Waals surface area contributed by atoms with Crippen molar-refractivity contribution in [2.24, 2.45) is 0 Å². The molecule has 0 aliphatic heterocycles. The van der Waals surface area contributed by atoms with Crippen molar-refractivity contribution in [3.05, 3.63) is 110 Å². The normalized spacial score (nSPS) is 14.1. The summed E-state index contributed by atoms with van der Waals surface area (Å²) in [5.41, 5.74) is 6.91. The summed E-state index contributed by atoms with van der Waals surface area (Å²) in [6, 6.07) is 19.2. The lowest BCUT2D eigenvalue weighted by Crippen LogP contribution is -2.06. The van der Waals surface area contributed by atoms with Crippen LogP contribution in [-0.4, -0.2) is 11.3 Å². The maximum absolute atomic E-state index is 11.7. The van der Waals surface area contributed by atoms with Crippen molar-refractivity contribution in [3.63, 3.8) is 0 Å². The van der Waals surface area contributed by atoms with Crippen LogP contribution in [0.5, 0.6) is 11.5 Å². The van der Waals surface area contributed by atoms with Gasteiger partial charge in [-0.05, 0) is 54.2 Å². The molecule has 5 nitrogen and oxygen atoms in total. The molecule has 1 aliphatic rings. The Morgan fingerprint density at radius 1 is 1.08 bits per heavy atom. The lowest BCUT2D eigenvalue weighted by atomic mass is 9.95. The van der Waals surface area contributed by atoms with Crippen molar-refractivity contribution in [2.45, 2.75) is 32.5 Å². The van der Waals surface area contributed by atoms with Gasteiger partial charge in [-0.2, -0.15) is 5.26 Å². The van der Waals surface area contributed by atoms with Crippen LogP contribution in [0.1, 0.15) is 50.7 Å². The van der Waals surface area contributed by atoms with E-state index in [0.717, 1.165) is 40.1 Å². The second kappa shape index (κ2) is 10.6. The highest BCUT2D eigenvalue weighted by Gasteiger charge is 2.28. The van der Waals surface area contributed by atoms with E-state index < -0.39 is 0 Å². The Labute approximate surface area is 225 Å². The van der Waals surface area contributed by atoms with Crippen LogP contribution in [0.4, 0.5) is 0 Å². The molecule has 0 fully saturated rings. The molecule has 5 rings (SSSR count). The zero-order valence-electron chi connectivity index (χ0n) is 20.0. The summed E-state index contributed by atoms with van der Waals surface area (Å²) in [7, 11) is 0. The summed E-state index contributed by atoms with van der Waals surface area (Å²) in [6.07, 6.45) is 5.20. The van der Waals surface area contributed by atoms with Crippen molar-refractivity contribution < 1.29 is 14.3 Å². The number of rotatable bonds is 7. The molecule has 0 spiro atoms. The van der Waals surface area contributed by atoms with E-state index in [2.05, 4.69) is 23.2 Å². The number of fused-ring (bicyclic) bond motifs is 1. The number of halogens is 2. The van der Waals surface area contributed by atoms with Gasteiger partial charge in [-0.15, -0.1) is 0 Å². The molecule has 1 atom stereocenters. The highest BCUT2D eigenvalue weighted by molar-refractivity contribution is 6.34. The Morgan fingerprint density at radius 3 is 2.70 bits per heavy atom. The van der Waals surface area contributed by atoms with E-state index in [1.807, 2.05) is 31.2 Å². The maximum atomic E-state index is 11.7. The number of carbonyl (C=O) groups excluding carboxylic acids is 1. The lowest BCUT2D eigenvalue weighted by Gasteiger charge is -2.19. The SMILES string of the molecule is Cc1cccc(-c2cccc3c2CC[C@@H]3Oc2cc(OCc3cncc(C#N)c3)c(C=O)cc2Cl)c1Cl. The number of hydrogen-bond acceptors (Lipinski definition) is 5. The molecule has 184 valence electrons. The first-order valence-electron chi connectivity index (χ1n) is 11.8. The monoisotopic (exact) mass is 528 g/mol. The standard InChI is InChI=1S/C30H22Cl2N2O3/c1-18-4-2-7-25(30(18)32)22-5-3-6-24-23(22)8-9-27(24)37-29-12-28(21(16-35)11-26(29)31)36-17-20-10-19(13-33)14-34-15-20/h2-7,10-12,14-16,27H,8-9,17H2,1H3/t27-/m0/s1. The highest BCUT2D eigenvalue weighted by atomic mass is 35.5. The molecular weight excluding hydrogens is 507 g/mol. The summed E-state index contributed by atoms with van der Waals surface area (Å²) in [5, 5.41) is 10.2. The summed E-state index contributed by atoms with van der Waals surface area (Å²) in [6.45, 7) is 2.14. The van der Waals surface area contributed by atoms with E-state index in [1.165, 1.54) is 11.8 Å². The number of pyridine rings is 1. The van der Waals surface area contributed by atoms with Crippen LogP contribution >= 0.6 is 23.2 Å². The Hall–Kier alpha value is -3.85. The Morgan fingerprint density at radius 2 is 1.89 bits per heavy atom. The van der Waals surface area contributed by atoms with Crippen LogP contribution in [0.15, 0.2) is 67.0 Å². The molecule has 4 aromatic rings. The van der Waals surface area contributed by atoms with E-state index in [-0.39, 0.29) is 12.7 Å². The molecule has 0 amide bonds. The van der Waals surface area contributed by atoms with Crippen LogP contribution in [0.3, 0.4) is 0 Å². The molecule has 0 radical (unpaired) electrons. The second-order valence-corrected chi connectivity index (χ2v) is 9.66. The summed E-state index contributed by atoms with van der Waals surface area (Å²) in [4.78, 5) is 15.7. The predicted octanol–water partition coefficient (Wildman–Crippen LogP) is 7.69. The number of aldehydes is 1. The number of benzene rings is 3. The number of hydrogen-bond donors (Lipinski definition) is 0. The van der Waals surface area contributed by atoms with Gasteiger partial charge in [-0.3, -0.25) is 9.78 Å². The van der Waals surface area contributed by atoms with Crippen molar-refractivity contribution in [2.75, 3.05) is 0 Å². The largest absolute Gasteiger partial charge is 0.488 e. The molecule has 1 aromatic heterocycles. The van der Waals surface area contributed by atoms with E-state index in [1.54, 1.807) is 24.4 Å². The number of nitriles is 1. The van der Waals surface area contributed by atoms with Gasteiger partial charge in [0.05, 0.1) is 21.2 Å². The van der Waals surface area contributed by atoms with Gasteiger partial charge in [0.1, 0.15) is 30.3 Å². The van der Waals surface area contributed by atoms with Crippen LogP contribution < -0.4 is 9.47 Å². The smallest absolute Gasteiger partial charge is 0.153 e. The lowest BCUT2D eigenvalue weighted by molar-refractivity contribution is 0.111. The molecule has 0 bridgehead atoms. The van der Waals surface area contributed by atoms with Gasteiger partial charge < -0.3 is 9.47 Å². The van der Waals surface area contributed by atoms with Crippen molar-refractivity contribution >= 4 is 29.5 Å². The zero-order chi connectivity index (χ0) is 25.9. The highest BCUT2D eigenvalue weighted by Crippen LogP contribution is 2.44. The molecule has 0 saturated carbocycles. The topological polar surface area (TPSA) is 72.2 Å². The molecule has 37 heavy (non-hydrogen) atoms. The van der Waals surface area contributed by atoms with Gasteiger partial charge in [-0.1, -0.05) is 59.6 Å². The molecule has 0 saturated heterocycles. The number of nitrogens with zero attached hydrogens (tertiary/aromatic N) is 2. The fourth-order valence-corrected chi connectivity index (χ4v) is 5.09. The van der Waals surface area contributed by atoms with Crippen LogP contribution in [0.25, 0.3) is 11.1 Å². The Balaban J connectivity index is 1.42. The van der Waals surface area contributed by atoms with E-state index >= 15 is 0 Å². The van der Waals surface area contributed by atoms with E-state index in [4.69, 9.17) is 37.9 Å². The average molecular weight is 529 g/mol. The van der Waals surface area contributed by atoms with Crippen LogP contribution in [-0.2, 0) is 13.0 Å². The van der Waals surface area contributed by atoms with Gasteiger partial charge in [-0.25, -0.2) is 0 Å². The molecule has 1 aliphatic carbocycles. The van der Waals surface area contributed by atoms with Crippen molar-refractivity contribution in [1.82, 2.24) is 4.98 Å². The molecule has 7 heteroatoms. The Kier molecular flexibility index (Phi) is 7.14. The molecule has 3 aromatic carbocycles. The minimum atomic E-state index is -0.206. The van der Waals surface area contributed by atoms with Crippen molar-refractivity contribution in [3.8, 4) is 28.7 Å². The third kappa shape index (κ3) is 5.04. The van der Waals surface area contributed by atoms with Crippen molar-refractivity contribution in [1.29, 1.82) is 5.26 Å². The predicted molar refractivity (Wildman–Crippen MR) is 143 cm³/mol. The zero-order valence-corrected chi connectivity index (χ0v) is 21.5. The summed E-state index contributed by atoms with van der Waals surface area (Å²) < 4.78 is 12.3. The third-order valence-electron chi connectivity index (χ3n) is 6.48. The van der Waals surface area contributed by atoms with Gasteiger partial charge in [0.15, 0.2) is 6.29 Å². The van der Waals surface area contributed by atoms with E-state index in [0.29, 0.717) is 39.5 Å². The molecule has 0 unspecified atom stereocenters. The third-order valence-corrected chi connectivity index (χ3v) is 7.27. The Bertz CT molecular complexity index is 1540. The van der Waals surface area contributed by atoms with E-state index in [9.17, 15) is 4.79 Å². The first kappa shape index (κ1) is 24.8. The van der Waals surface area contributed by atoms with Gasteiger partial charge in [0.2, 0.25) is 0 Å². The van der Waals surface area contributed by atoms with Gasteiger partial charge >= 0.3 is 0 Å². The molecule has 0 N–H and O–H groups in total. The second-order valence-electron chi connectivity index (χ2n) is 8.88. The molecule has 1 heterocycles. The van der Waals surface area contributed by atoms with Gasteiger partial charge in [0.25, 0.3) is 0 Å². The minimum Gasteiger partial charge on any atom is -0.488 e. The maximum Gasteiger partial charge on any atom is 0.153 e. The number of carbonyl (C=O) groups is 1. The fourth-order valence-electron chi connectivity index (χ4n) is 4.65. The molecular formula is C30H22Cl2N2O3. The average Bonchev–Trinajstić information content (AvgIpc) is 3.33.